The van der Waals surface area contributed by atoms with Crippen molar-refractivity contribution in [2.24, 2.45) is 7.05 Å². The maximum Gasteiger partial charge on any atom is 0.343 e. The first-order chi connectivity index (χ1) is 7.66. The first-order valence-corrected chi connectivity index (χ1v) is 5.60. The first-order valence-electron chi connectivity index (χ1n) is 4.61. The van der Waals surface area contributed by atoms with Gasteiger partial charge in [0.05, 0.1) is 5.69 Å². The van der Waals surface area contributed by atoms with Crippen molar-refractivity contribution in [3.05, 3.63) is 34.5 Å². The molecule has 6 nitrogen and oxygen atoms in total. The van der Waals surface area contributed by atoms with Gasteiger partial charge in [-0.05, 0) is 12.1 Å². The molecule has 2 heterocycles. The molecule has 0 aliphatic heterocycles. The van der Waals surface area contributed by atoms with Gasteiger partial charge in [0, 0.05) is 24.7 Å². The Bertz CT molecular complexity index is 547. The molecule has 0 saturated heterocycles. The molecule has 2 aromatic heterocycles. The molecule has 0 spiro atoms. The summed E-state index contributed by atoms with van der Waals surface area (Å²) in [6, 6.07) is 3.54. The summed E-state index contributed by atoms with van der Waals surface area (Å²) in [5.74, 6) is 0.628. The summed E-state index contributed by atoms with van der Waals surface area (Å²) >= 11 is 1.43. The Labute approximate surface area is 95.9 Å². The van der Waals surface area contributed by atoms with Gasteiger partial charge in [0.2, 0.25) is 0 Å². The highest BCUT2D eigenvalue weighted by Crippen LogP contribution is 2.18. The van der Waals surface area contributed by atoms with Gasteiger partial charge in [0.15, 0.2) is 5.16 Å². The molecule has 0 fully saturated rings. The topological polar surface area (TPSA) is 89.6 Å². The van der Waals surface area contributed by atoms with Crippen LogP contribution in [0.15, 0.2) is 28.3 Å². The Morgan fingerprint density at radius 1 is 1.62 bits per heavy atom. The van der Waals surface area contributed by atoms with Gasteiger partial charge in [-0.2, -0.15) is 0 Å². The van der Waals surface area contributed by atoms with E-state index in [4.69, 9.17) is 5.73 Å². The average molecular weight is 237 g/mol. The number of pyridine rings is 1. The quantitative estimate of drug-likeness (QED) is 0.753. The van der Waals surface area contributed by atoms with E-state index >= 15 is 0 Å². The number of nitrogens with zero attached hydrogens (tertiary/aromatic N) is 3. The third-order valence-electron chi connectivity index (χ3n) is 2.03. The maximum atomic E-state index is 11.1. The lowest BCUT2D eigenvalue weighted by Gasteiger charge is -2.00. The van der Waals surface area contributed by atoms with E-state index in [0.29, 0.717) is 16.6 Å². The molecule has 84 valence electrons. The van der Waals surface area contributed by atoms with Crippen LogP contribution in [-0.4, -0.2) is 19.7 Å². The number of thioether (sulfide) groups is 1. The van der Waals surface area contributed by atoms with E-state index < -0.39 is 0 Å². The largest absolute Gasteiger partial charge is 0.399 e. The highest BCUT2D eigenvalue weighted by atomic mass is 32.2. The van der Waals surface area contributed by atoms with Crippen LogP contribution in [0.25, 0.3) is 0 Å². The van der Waals surface area contributed by atoms with E-state index in [9.17, 15) is 4.79 Å². The van der Waals surface area contributed by atoms with Gasteiger partial charge in [-0.3, -0.25) is 9.55 Å². The molecule has 0 aliphatic carbocycles. The van der Waals surface area contributed by atoms with Gasteiger partial charge in [0.25, 0.3) is 0 Å². The Morgan fingerprint density at radius 3 is 3.06 bits per heavy atom. The number of anilines is 1. The number of hydrogen-bond donors (Lipinski definition) is 2. The van der Waals surface area contributed by atoms with E-state index in [0.717, 1.165) is 5.69 Å². The molecular weight excluding hydrogens is 226 g/mol. The van der Waals surface area contributed by atoms with Crippen molar-refractivity contribution in [3.63, 3.8) is 0 Å². The number of nitrogens with one attached hydrogen (secondary N) is 1. The van der Waals surface area contributed by atoms with Gasteiger partial charge in [-0.25, -0.2) is 9.89 Å². The van der Waals surface area contributed by atoms with E-state index in [1.54, 1.807) is 25.4 Å². The third-order valence-corrected chi connectivity index (χ3v) is 3.09. The third kappa shape index (κ3) is 2.25. The van der Waals surface area contributed by atoms with E-state index in [-0.39, 0.29) is 5.69 Å². The normalized spacial score (nSPS) is 10.6. The molecule has 0 amide bonds. The minimum absolute atomic E-state index is 0.219. The fraction of sp³-hybridized carbons (Fsp3) is 0.222. The summed E-state index contributed by atoms with van der Waals surface area (Å²) in [4.78, 5) is 15.3. The molecule has 0 bridgehead atoms. The standard InChI is InChI=1S/C9H11N5OS/c1-14-8(15)12-13-9(14)16-5-7-4-6(10)2-3-11-7/h2-4H,5H2,1H3,(H2,10,11)(H,12,15). The Hall–Kier alpha value is -1.76. The Balaban J connectivity index is 2.08. The summed E-state index contributed by atoms with van der Waals surface area (Å²) < 4.78 is 1.46. The zero-order valence-electron chi connectivity index (χ0n) is 8.67. The average Bonchev–Trinajstić information content (AvgIpc) is 2.57. The van der Waals surface area contributed by atoms with Crippen molar-refractivity contribution in [3.8, 4) is 0 Å². The van der Waals surface area contributed by atoms with Gasteiger partial charge in [-0.15, -0.1) is 5.10 Å². The van der Waals surface area contributed by atoms with Crippen molar-refractivity contribution in [2.45, 2.75) is 10.9 Å². The first kappa shape index (κ1) is 10.7. The van der Waals surface area contributed by atoms with Crippen LogP contribution in [0.2, 0.25) is 0 Å². The molecule has 2 rings (SSSR count). The van der Waals surface area contributed by atoms with Crippen molar-refractivity contribution < 1.29 is 0 Å². The van der Waals surface area contributed by atoms with Gasteiger partial charge >= 0.3 is 5.69 Å². The van der Waals surface area contributed by atoms with Crippen LogP contribution in [-0.2, 0) is 12.8 Å². The summed E-state index contributed by atoms with van der Waals surface area (Å²) in [7, 11) is 1.67. The smallest absolute Gasteiger partial charge is 0.343 e. The zero-order chi connectivity index (χ0) is 11.5. The van der Waals surface area contributed by atoms with E-state index in [1.165, 1.54) is 16.3 Å². The lowest BCUT2D eigenvalue weighted by molar-refractivity contribution is 0.765. The maximum absolute atomic E-state index is 11.1. The molecule has 3 N–H and O–H groups in total. The molecule has 0 aromatic carbocycles. The monoisotopic (exact) mass is 237 g/mol. The lowest BCUT2D eigenvalue weighted by atomic mass is 10.3. The predicted octanol–water partition coefficient (Wildman–Crippen LogP) is 0.378. The second-order valence-corrected chi connectivity index (χ2v) is 4.18. The fourth-order valence-electron chi connectivity index (χ4n) is 1.18. The molecule has 0 saturated carbocycles. The minimum Gasteiger partial charge on any atom is -0.399 e. The number of aromatic nitrogens is 4. The summed E-state index contributed by atoms with van der Waals surface area (Å²) in [6.07, 6.45) is 1.66. The van der Waals surface area contributed by atoms with Crippen LogP contribution in [0, 0.1) is 0 Å². The molecule has 0 unspecified atom stereocenters. The molecule has 0 atom stereocenters. The zero-order valence-corrected chi connectivity index (χ0v) is 9.49. The van der Waals surface area contributed by atoms with Crippen LogP contribution in [0.1, 0.15) is 5.69 Å². The fourth-order valence-corrected chi connectivity index (χ4v) is 2.00. The van der Waals surface area contributed by atoms with Gasteiger partial charge in [0.1, 0.15) is 0 Å². The number of hydrogen-bond acceptors (Lipinski definition) is 5. The number of nitrogen functional groups attached to an aromatic ring is 1. The van der Waals surface area contributed by atoms with Crippen molar-refractivity contribution in [1.82, 2.24) is 19.7 Å². The molecule has 0 radical (unpaired) electrons. The number of H-pyrrole nitrogens is 1. The van der Waals surface area contributed by atoms with E-state index in [2.05, 4.69) is 15.2 Å². The molecule has 7 heteroatoms. The summed E-state index contributed by atoms with van der Waals surface area (Å²) in [5.41, 5.74) is 6.96. The summed E-state index contributed by atoms with van der Waals surface area (Å²) in [6.45, 7) is 0. The van der Waals surface area contributed by atoms with Crippen LogP contribution in [0.4, 0.5) is 5.69 Å². The molecule has 2 aromatic rings. The Morgan fingerprint density at radius 2 is 2.44 bits per heavy atom. The van der Waals surface area contributed by atoms with E-state index in [1.807, 2.05) is 0 Å². The molecule has 0 aliphatic rings. The van der Waals surface area contributed by atoms with Crippen molar-refractivity contribution >= 4 is 17.4 Å². The SMILES string of the molecule is Cn1c(SCc2cc(N)ccn2)n[nH]c1=O. The van der Waals surface area contributed by atoms with Crippen LogP contribution >= 0.6 is 11.8 Å². The van der Waals surface area contributed by atoms with Gasteiger partial charge < -0.3 is 5.73 Å². The Kier molecular flexibility index (Phi) is 2.95. The van der Waals surface area contributed by atoms with Crippen molar-refractivity contribution in [1.29, 1.82) is 0 Å². The number of nitrogens with two attached hydrogens (primary N) is 1. The lowest BCUT2D eigenvalue weighted by Crippen LogP contribution is -2.12. The highest BCUT2D eigenvalue weighted by Gasteiger charge is 2.05. The minimum atomic E-state index is -0.219. The number of rotatable bonds is 3. The molecular formula is C9H11N5OS. The number of aromatic amines is 1. The van der Waals surface area contributed by atoms with Crippen LogP contribution in [0.3, 0.4) is 0 Å². The highest BCUT2D eigenvalue weighted by molar-refractivity contribution is 7.98. The second kappa shape index (κ2) is 4.40. The second-order valence-electron chi connectivity index (χ2n) is 3.24. The summed E-state index contributed by atoms with van der Waals surface area (Å²) in [5, 5.41) is 6.89. The van der Waals surface area contributed by atoms with Crippen molar-refractivity contribution in [2.75, 3.05) is 5.73 Å². The molecule has 16 heavy (non-hydrogen) atoms. The van der Waals surface area contributed by atoms with Crippen LogP contribution < -0.4 is 11.4 Å². The predicted molar refractivity (Wildman–Crippen MR) is 62.0 cm³/mol. The van der Waals surface area contributed by atoms with Crippen LogP contribution in [0.5, 0.6) is 0 Å². The van der Waals surface area contributed by atoms with Gasteiger partial charge in [-0.1, -0.05) is 11.8 Å².